The van der Waals surface area contributed by atoms with E-state index in [4.69, 9.17) is 0 Å². The molecule has 27 heavy (non-hydrogen) atoms. The second-order valence-electron chi connectivity index (χ2n) is 7.72. The summed E-state index contributed by atoms with van der Waals surface area (Å²) in [7, 11) is 0. The number of halogens is 1. The number of likely N-dealkylation sites (tertiary alicyclic amines) is 1. The van der Waals surface area contributed by atoms with Crippen LogP contribution in [0.25, 0.3) is 0 Å². The average molecular weight is 375 g/mol. The Balaban J connectivity index is 1.34. The first-order valence-electron chi connectivity index (χ1n) is 10.2. The van der Waals surface area contributed by atoms with Crippen molar-refractivity contribution in [3.05, 3.63) is 35.6 Å². The van der Waals surface area contributed by atoms with Gasteiger partial charge in [-0.15, -0.1) is 0 Å². The summed E-state index contributed by atoms with van der Waals surface area (Å²) in [5, 5.41) is 6.09. The summed E-state index contributed by atoms with van der Waals surface area (Å²) in [6.07, 6.45) is 7.80. The van der Waals surface area contributed by atoms with E-state index >= 15 is 0 Å². The molecule has 1 aliphatic heterocycles. The number of carbonyl (C=O) groups is 2. The largest absolute Gasteiger partial charge is 0.353 e. The first-order chi connectivity index (χ1) is 13.1. The highest BCUT2D eigenvalue weighted by Crippen LogP contribution is 2.24. The van der Waals surface area contributed by atoms with Crippen LogP contribution in [0.2, 0.25) is 0 Å². The minimum atomic E-state index is -0.254. The molecule has 0 spiro atoms. The molecule has 0 unspecified atom stereocenters. The van der Waals surface area contributed by atoms with Crippen molar-refractivity contribution >= 4 is 11.9 Å². The molecule has 1 saturated carbocycles. The molecule has 0 bridgehead atoms. The van der Waals surface area contributed by atoms with Gasteiger partial charge in [-0.1, -0.05) is 31.4 Å². The number of benzene rings is 1. The molecule has 1 aliphatic carbocycles. The second-order valence-corrected chi connectivity index (χ2v) is 7.72. The van der Waals surface area contributed by atoms with Crippen molar-refractivity contribution in [3.8, 4) is 0 Å². The molecule has 1 saturated heterocycles. The predicted molar refractivity (Wildman–Crippen MR) is 103 cm³/mol. The van der Waals surface area contributed by atoms with Gasteiger partial charge >= 0.3 is 6.03 Å². The molecule has 148 valence electrons. The van der Waals surface area contributed by atoms with E-state index in [2.05, 4.69) is 10.6 Å². The lowest BCUT2D eigenvalue weighted by atomic mass is 9.88. The molecule has 1 aromatic rings. The zero-order valence-electron chi connectivity index (χ0n) is 15.9. The summed E-state index contributed by atoms with van der Waals surface area (Å²) in [6, 6.07) is 6.54. The molecule has 1 heterocycles. The van der Waals surface area contributed by atoms with Gasteiger partial charge in [-0.25, -0.2) is 9.18 Å². The first kappa shape index (κ1) is 19.6. The van der Waals surface area contributed by atoms with Crippen molar-refractivity contribution in [2.75, 3.05) is 19.6 Å². The lowest BCUT2D eigenvalue weighted by molar-refractivity contribution is -0.126. The van der Waals surface area contributed by atoms with Crippen LogP contribution in [0.15, 0.2) is 24.3 Å². The zero-order valence-corrected chi connectivity index (χ0v) is 15.9. The van der Waals surface area contributed by atoms with Crippen LogP contribution in [0.5, 0.6) is 0 Å². The smallest absolute Gasteiger partial charge is 0.317 e. The van der Waals surface area contributed by atoms with Gasteiger partial charge in [-0.2, -0.15) is 0 Å². The molecule has 2 N–H and O–H groups in total. The highest BCUT2D eigenvalue weighted by molar-refractivity contribution is 5.79. The molecule has 5 nitrogen and oxygen atoms in total. The average Bonchev–Trinajstić information content (AvgIpc) is 2.69. The molecule has 2 fully saturated rings. The number of piperidine rings is 1. The number of amides is 3. The van der Waals surface area contributed by atoms with Crippen LogP contribution in [-0.2, 0) is 11.2 Å². The molecule has 1 aromatic carbocycles. The highest BCUT2D eigenvalue weighted by atomic mass is 19.1. The van der Waals surface area contributed by atoms with Crippen LogP contribution in [0, 0.1) is 11.7 Å². The van der Waals surface area contributed by atoms with E-state index in [-0.39, 0.29) is 29.7 Å². The number of urea groups is 1. The van der Waals surface area contributed by atoms with Crippen molar-refractivity contribution in [2.45, 2.75) is 57.4 Å². The maximum Gasteiger partial charge on any atom is 0.317 e. The van der Waals surface area contributed by atoms with Gasteiger partial charge < -0.3 is 15.5 Å². The Labute approximate surface area is 160 Å². The number of rotatable bonds is 5. The fourth-order valence-electron chi connectivity index (χ4n) is 4.03. The van der Waals surface area contributed by atoms with Gasteiger partial charge in [-0.3, -0.25) is 4.79 Å². The maximum atomic E-state index is 13.2. The van der Waals surface area contributed by atoms with Gasteiger partial charge in [0, 0.05) is 31.6 Å². The van der Waals surface area contributed by atoms with Gasteiger partial charge in [0.15, 0.2) is 0 Å². The van der Waals surface area contributed by atoms with Gasteiger partial charge in [0.1, 0.15) is 5.82 Å². The molecular formula is C21H30FN3O2. The van der Waals surface area contributed by atoms with Crippen LogP contribution in [0.1, 0.15) is 50.5 Å². The molecule has 3 amide bonds. The number of nitrogens with one attached hydrogen (secondary N) is 2. The van der Waals surface area contributed by atoms with Crippen LogP contribution in [0.4, 0.5) is 9.18 Å². The molecular weight excluding hydrogens is 345 g/mol. The fourth-order valence-corrected chi connectivity index (χ4v) is 4.03. The van der Waals surface area contributed by atoms with E-state index < -0.39 is 0 Å². The molecule has 0 atom stereocenters. The number of hydrogen-bond acceptors (Lipinski definition) is 2. The Morgan fingerprint density at radius 2 is 1.81 bits per heavy atom. The third-order valence-corrected chi connectivity index (χ3v) is 5.68. The Morgan fingerprint density at radius 3 is 2.52 bits per heavy atom. The molecule has 0 radical (unpaired) electrons. The summed E-state index contributed by atoms with van der Waals surface area (Å²) in [6.45, 7) is 1.80. The summed E-state index contributed by atoms with van der Waals surface area (Å²) in [4.78, 5) is 26.4. The molecule has 2 aliphatic rings. The van der Waals surface area contributed by atoms with Crippen molar-refractivity contribution in [1.29, 1.82) is 0 Å². The monoisotopic (exact) mass is 375 g/mol. The SMILES string of the molecule is O=C(NC1CCN(C(=O)NCCc2cccc(F)c2)CC1)C1CCCCC1. The van der Waals surface area contributed by atoms with E-state index in [0.717, 1.165) is 44.1 Å². The van der Waals surface area contributed by atoms with Crippen molar-refractivity contribution in [3.63, 3.8) is 0 Å². The van der Waals surface area contributed by atoms with Crippen molar-refractivity contribution < 1.29 is 14.0 Å². The number of nitrogens with zero attached hydrogens (tertiary/aromatic N) is 1. The van der Waals surface area contributed by atoms with E-state index in [1.54, 1.807) is 11.0 Å². The normalized spacial score (nSPS) is 18.9. The molecule has 6 heteroatoms. The standard InChI is InChI=1S/C21H30FN3O2/c22-18-8-4-5-16(15-18)9-12-23-21(27)25-13-10-19(11-14-25)24-20(26)17-6-2-1-3-7-17/h4-5,8,15,17,19H,1-3,6-7,9-14H2,(H,23,27)(H,24,26). The minimum Gasteiger partial charge on any atom is -0.353 e. The van der Waals surface area contributed by atoms with Gasteiger partial charge in [0.2, 0.25) is 5.91 Å². The lowest BCUT2D eigenvalue weighted by Gasteiger charge is -2.33. The van der Waals surface area contributed by atoms with Gasteiger partial charge in [0.05, 0.1) is 0 Å². The highest BCUT2D eigenvalue weighted by Gasteiger charge is 2.27. The minimum absolute atomic E-state index is 0.0801. The first-order valence-corrected chi connectivity index (χ1v) is 10.2. The van der Waals surface area contributed by atoms with Gasteiger partial charge in [-0.05, 0) is 49.8 Å². The van der Waals surface area contributed by atoms with Crippen molar-refractivity contribution in [2.24, 2.45) is 5.92 Å². The quantitative estimate of drug-likeness (QED) is 0.830. The van der Waals surface area contributed by atoms with Gasteiger partial charge in [0.25, 0.3) is 0 Å². The topological polar surface area (TPSA) is 61.4 Å². The maximum absolute atomic E-state index is 13.2. The van der Waals surface area contributed by atoms with Crippen LogP contribution in [-0.4, -0.2) is 42.5 Å². The van der Waals surface area contributed by atoms with Crippen molar-refractivity contribution in [1.82, 2.24) is 15.5 Å². The van der Waals surface area contributed by atoms with Crippen LogP contribution in [0.3, 0.4) is 0 Å². The molecule has 3 rings (SSSR count). The van der Waals surface area contributed by atoms with E-state index in [1.165, 1.54) is 18.6 Å². The Hall–Kier alpha value is -2.11. The summed E-state index contributed by atoms with van der Waals surface area (Å²) in [5.74, 6) is 0.131. The van der Waals surface area contributed by atoms with E-state index in [1.807, 2.05) is 6.07 Å². The summed E-state index contributed by atoms with van der Waals surface area (Å²) in [5.41, 5.74) is 0.874. The number of hydrogen-bond donors (Lipinski definition) is 2. The predicted octanol–water partition coefficient (Wildman–Crippen LogP) is 3.24. The Morgan fingerprint density at radius 1 is 1.07 bits per heavy atom. The van der Waals surface area contributed by atoms with Crippen LogP contribution >= 0.6 is 0 Å². The van der Waals surface area contributed by atoms with E-state index in [0.29, 0.717) is 26.1 Å². The van der Waals surface area contributed by atoms with E-state index in [9.17, 15) is 14.0 Å². The fraction of sp³-hybridized carbons (Fsp3) is 0.619. The third kappa shape index (κ3) is 5.94. The summed E-state index contributed by atoms with van der Waals surface area (Å²) >= 11 is 0. The van der Waals surface area contributed by atoms with Crippen LogP contribution < -0.4 is 10.6 Å². The third-order valence-electron chi connectivity index (χ3n) is 5.68. The molecule has 0 aromatic heterocycles. The number of carbonyl (C=O) groups excluding carboxylic acids is 2. The zero-order chi connectivity index (χ0) is 19.1. The summed E-state index contributed by atoms with van der Waals surface area (Å²) < 4.78 is 13.2. The Kier molecular flexibility index (Phi) is 7.07. The lowest BCUT2D eigenvalue weighted by Crippen LogP contribution is -2.50. The Bertz CT molecular complexity index is 638. The second kappa shape index (κ2) is 9.72.